The maximum atomic E-state index is 10.4. The number of unbranched alkanes of at least 4 members (excludes halogenated alkanes) is 25. The number of nitriles is 1. The molecule has 0 saturated heterocycles. The second kappa shape index (κ2) is 53.9. The second-order valence-corrected chi connectivity index (χ2v) is 17.7. The largest absolute Gasteiger partial charge is 0.381 e. The van der Waals surface area contributed by atoms with Crippen molar-refractivity contribution in [1.29, 1.82) is 5.26 Å². The van der Waals surface area contributed by atoms with Crippen molar-refractivity contribution in [3.8, 4) is 6.07 Å². The Morgan fingerprint density at radius 2 is 0.968 bits per heavy atom. The molecule has 0 bridgehead atoms. The van der Waals surface area contributed by atoms with Gasteiger partial charge in [-0.25, -0.2) is 9.97 Å². The number of methoxy groups -OCH3 is 2. The molecule has 1 atom stereocenters. The van der Waals surface area contributed by atoms with Crippen molar-refractivity contribution in [2.45, 2.75) is 265 Å². The molecule has 0 spiro atoms. The Balaban J connectivity index is 0. The van der Waals surface area contributed by atoms with Crippen molar-refractivity contribution in [2.75, 3.05) is 45.7 Å². The molecule has 0 aromatic carbocycles. The highest BCUT2D eigenvalue weighted by Crippen LogP contribution is 2.17. The van der Waals surface area contributed by atoms with E-state index in [1.807, 2.05) is 20.3 Å². The summed E-state index contributed by atoms with van der Waals surface area (Å²) in [7, 11) is 3.71. The minimum Gasteiger partial charge on any atom is -0.381 e. The van der Waals surface area contributed by atoms with Crippen LogP contribution in [0.1, 0.15) is 258 Å². The normalized spacial score (nSPS) is 11.4. The van der Waals surface area contributed by atoms with Crippen LogP contribution in [0.5, 0.6) is 0 Å². The summed E-state index contributed by atoms with van der Waals surface area (Å²) in [5.74, 6) is 0.886. The molecule has 9 heteroatoms. The summed E-state index contributed by atoms with van der Waals surface area (Å²) in [6, 6.07) is 3.75. The number of anilines is 1. The van der Waals surface area contributed by atoms with E-state index in [1.54, 1.807) is 12.3 Å². The van der Waals surface area contributed by atoms with E-state index in [1.165, 1.54) is 173 Å². The molecule has 1 aromatic rings. The molecule has 0 amide bonds. The van der Waals surface area contributed by atoms with E-state index < -0.39 is 0 Å². The first kappa shape index (κ1) is 62.7. The van der Waals surface area contributed by atoms with Gasteiger partial charge in [-0.3, -0.25) is 0 Å². The van der Waals surface area contributed by atoms with Crippen molar-refractivity contribution < 1.29 is 19.1 Å². The van der Waals surface area contributed by atoms with Crippen molar-refractivity contribution in [2.24, 2.45) is 0 Å². The quantitative estimate of drug-likeness (QED) is 0.0504. The number of rotatable bonds is 45. The Bertz CT molecular complexity index is 1060. The molecule has 0 fully saturated rings. The van der Waals surface area contributed by atoms with E-state index >= 15 is 0 Å². The zero-order valence-electron chi connectivity index (χ0n) is 42.5. The van der Waals surface area contributed by atoms with Gasteiger partial charge >= 0.3 is 0 Å². The van der Waals surface area contributed by atoms with Crippen LogP contribution in [0.25, 0.3) is 0 Å². The molecule has 1 N–H and O–H groups in total. The topological polar surface area (TPSA) is 117 Å². The Morgan fingerprint density at radius 3 is 1.38 bits per heavy atom. The van der Waals surface area contributed by atoms with Crippen LogP contribution in [0.15, 0.2) is 12.3 Å². The Morgan fingerprint density at radius 1 is 0.571 bits per heavy atom. The molecule has 9 nitrogen and oxygen atoms in total. The molecule has 0 aliphatic rings. The minimum atomic E-state index is 0.188. The number of ether oxygens (including phenoxy) is 2. The highest BCUT2D eigenvalue weighted by atomic mass is 16.5. The predicted octanol–water partition coefficient (Wildman–Crippen LogP) is 15.2. The fraction of sp³-hybridized carbons (Fsp3) is 0.870. The summed E-state index contributed by atoms with van der Waals surface area (Å²) in [6.45, 7) is 13.1. The molecule has 0 aliphatic carbocycles. The number of hydrogen-bond acceptors (Lipinski definition) is 9. The average molecular weight is 886 g/mol. The molecule has 368 valence electrons. The maximum Gasteiger partial charge on any atom is 0.234 e. The average Bonchev–Trinajstić information content (AvgIpc) is 3.31. The monoisotopic (exact) mass is 886 g/mol. The summed E-state index contributed by atoms with van der Waals surface area (Å²) >= 11 is 0. The zero-order chi connectivity index (χ0) is 46.5. The first-order valence-corrected chi connectivity index (χ1v) is 26.6. The summed E-state index contributed by atoms with van der Waals surface area (Å²) in [6.07, 6.45) is 48.6. The van der Waals surface area contributed by atoms with Crippen LogP contribution in [-0.2, 0) is 19.1 Å². The van der Waals surface area contributed by atoms with Gasteiger partial charge in [-0.05, 0) is 83.5 Å². The van der Waals surface area contributed by atoms with Crippen LogP contribution in [0, 0.1) is 11.3 Å². The summed E-state index contributed by atoms with van der Waals surface area (Å²) in [4.78, 5) is 31.4. The number of nitrogens with zero attached hydrogens (tertiary/aromatic N) is 4. The first-order valence-electron chi connectivity index (χ1n) is 26.6. The van der Waals surface area contributed by atoms with Gasteiger partial charge in [0.05, 0.1) is 12.2 Å². The van der Waals surface area contributed by atoms with E-state index in [9.17, 15) is 9.59 Å². The van der Waals surface area contributed by atoms with Gasteiger partial charge in [0.1, 0.15) is 24.5 Å². The molecule has 0 radical (unpaired) electrons. The second-order valence-electron chi connectivity index (χ2n) is 17.7. The lowest BCUT2D eigenvalue weighted by Gasteiger charge is -2.22. The van der Waals surface area contributed by atoms with Crippen molar-refractivity contribution in [3.63, 3.8) is 0 Å². The lowest BCUT2D eigenvalue weighted by atomic mass is 10.0. The minimum absolute atomic E-state index is 0.188. The van der Waals surface area contributed by atoms with Gasteiger partial charge in [-0.1, -0.05) is 182 Å². The summed E-state index contributed by atoms with van der Waals surface area (Å²) in [5, 5.41) is 12.2. The number of carbonyl (C=O) groups is 2. The van der Waals surface area contributed by atoms with Crippen LogP contribution < -0.4 is 5.32 Å². The molecule has 1 heterocycles. The molecule has 1 aromatic heterocycles. The van der Waals surface area contributed by atoms with Crippen molar-refractivity contribution in [3.05, 3.63) is 18.1 Å². The highest BCUT2D eigenvalue weighted by molar-refractivity contribution is 5.49. The zero-order valence-corrected chi connectivity index (χ0v) is 42.5. The van der Waals surface area contributed by atoms with Crippen LogP contribution in [0.2, 0.25) is 0 Å². The molecule has 63 heavy (non-hydrogen) atoms. The van der Waals surface area contributed by atoms with Gasteiger partial charge in [0.25, 0.3) is 0 Å². The van der Waals surface area contributed by atoms with E-state index in [0.717, 1.165) is 77.3 Å². The number of aldehydes is 2. The van der Waals surface area contributed by atoms with Gasteiger partial charge in [-0.2, -0.15) is 5.26 Å². The first-order chi connectivity index (χ1) is 31.0. The third-order valence-corrected chi connectivity index (χ3v) is 12.1. The molecule has 1 unspecified atom stereocenters. The number of nitrogens with one attached hydrogen (secondary N) is 1. The van der Waals surface area contributed by atoms with Crippen LogP contribution in [-0.4, -0.2) is 80.0 Å². The van der Waals surface area contributed by atoms with Gasteiger partial charge < -0.3 is 29.3 Å². The van der Waals surface area contributed by atoms with Crippen molar-refractivity contribution >= 4 is 18.4 Å². The van der Waals surface area contributed by atoms with E-state index in [-0.39, 0.29) is 5.82 Å². The van der Waals surface area contributed by atoms with Crippen LogP contribution in [0.4, 0.5) is 5.82 Å². The SMILES string of the molecule is CCCCCCCCC(CC)OC.CCCCCCCCC(CCCCCCCC)OC.N#Cc1nccc(NCCCN(CCCCCCCC=O)CCCCCCCC=O)n1. The lowest BCUT2D eigenvalue weighted by molar-refractivity contribution is -0.108. The molecular formula is C54H103N5O4. The summed E-state index contributed by atoms with van der Waals surface area (Å²) in [5.41, 5.74) is 0. The Kier molecular flexibility index (Phi) is 53.6. The van der Waals surface area contributed by atoms with Crippen LogP contribution in [0.3, 0.4) is 0 Å². The third kappa shape index (κ3) is 47.4. The molecular weight excluding hydrogens is 783 g/mol. The molecule has 0 saturated carbocycles. The van der Waals surface area contributed by atoms with E-state index in [0.29, 0.717) is 30.9 Å². The van der Waals surface area contributed by atoms with Gasteiger partial charge in [0, 0.05) is 39.8 Å². The summed E-state index contributed by atoms with van der Waals surface area (Å²) < 4.78 is 10.9. The highest BCUT2D eigenvalue weighted by Gasteiger charge is 2.08. The number of aromatic nitrogens is 2. The number of hydrogen-bond donors (Lipinski definition) is 1. The Hall–Kier alpha value is -2.41. The fourth-order valence-corrected chi connectivity index (χ4v) is 7.88. The van der Waals surface area contributed by atoms with Crippen molar-refractivity contribution in [1.82, 2.24) is 14.9 Å². The Labute approximate surface area is 390 Å². The predicted molar refractivity (Wildman–Crippen MR) is 270 cm³/mol. The van der Waals surface area contributed by atoms with Gasteiger partial charge in [-0.15, -0.1) is 0 Å². The molecule has 0 aliphatic heterocycles. The number of carbonyl (C=O) groups excluding carboxylic acids is 2. The molecule has 1 rings (SSSR count). The van der Waals surface area contributed by atoms with E-state index in [4.69, 9.17) is 14.7 Å². The maximum absolute atomic E-state index is 10.4. The van der Waals surface area contributed by atoms with Gasteiger partial charge in [0.2, 0.25) is 5.82 Å². The fourth-order valence-electron chi connectivity index (χ4n) is 7.88. The standard InChI is InChI=1S/C24H39N5O2.C18H38O.C12H26O/c25-22-24-27-16-14-23(28-24)26-15-13-19-29(17-9-5-1-3-7-11-20-30)18-10-6-2-4-8-12-21-31;1-4-6-8-10-12-14-16-18(19-3)17-15-13-11-9-7-5-2;1-4-6-7-8-9-10-11-12(5-2)13-3/h14,16,20-21H,1-13,15,17-19H2,(H,26,27,28);18H,4-17H2,1-3H3;12H,4-11H2,1-3H3. The van der Waals surface area contributed by atoms with Gasteiger partial charge in [0.15, 0.2) is 0 Å². The smallest absolute Gasteiger partial charge is 0.234 e. The van der Waals surface area contributed by atoms with E-state index in [2.05, 4.69) is 47.9 Å². The lowest BCUT2D eigenvalue weighted by Crippen LogP contribution is -2.28. The van der Waals surface area contributed by atoms with Crippen LogP contribution >= 0.6 is 0 Å². The third-order valence-electron chi connectivity index (χ3n) is 12.1.